The highest BCUT2D eigenvalue weighted by molar-refractivity contribution is 6.30. The van der Waals surface area contributed by atoms with Crippen LogP contribution >= 0.6 is 11.6 Å². The van der Waals surface area contributed by atoms with E-state index in [-0.39, 0.29) is 0 Å². The van der Waals surface area contributed by atoms with Gasteiger partial charge < -0.3 is 15.4 Å². The molecule has 0 atom stereocenters. The largest absolute Gasteiger partial charge is 0.493 e. The van der Waals surface area contributed by atoms with Crippen LogP contribution < -0.4 is 15.4 Å². The fourth-order valence-corrected chi connectivity index (χ4v) is 2.52. The molecule has 0 saturated heterocycles. The van der Waals surface area contributed by atoms with Crippen LogP contribution in [0, 0.1) is 0 Å². The van der Waals surface area contributed by atoms with E-state index in [1.165, 1.54) is 5.56 Å². The Labute approximate surface area is 129 Å². The van der Waals surface area contributed by atoms with Gasteiger partial charge in [0.1, 0.15) is 5.75 Å². The lowest BCUT2D eigenvalue weighted by Gasteiger charge is -2.12. The standard InChI is InChI=1S/C17H17ClN2O/c18-14-5-3-4-13(10-14)8-9-21-17-7-2-1-6-15(17)16-11-19-12-20-16/h1-7,10-11,19-20H,8-9,12H2. The van der Waals surface area contributed by atoms with E-state index in [0.29, 0.717) is 6.61 Å². The predicted octanol–water partition coefficient (Wildman–Crippen LogP) is 3.41. The maximum atomic E-state index is 5.99. The van der Waals surface area contributed by atoms with Gasteiger partial charge in [0.05, 0.1) is 19.0 Å². The molecule has 2 aromatic rings. The minimum atomic E-state index is 0.623. The van der Waals surface area contributed by atoms with Crippen molar-refractivity contribution in [2.45, 2.75) is 6.42 Å². The lowest BCUT2D eigenvalue weighted by molar-refractivity contribution is 0.321. The van der Waals surface area contributed by atoms with E-state index in [1.807, 2.05) is 42.6 Å². The third-order valence-electron chi connectivity index (χ3n) is 3.34. The Morgan fingerprint density at radius 1 is 1.10 bits per heavy atom. The molecule has 0 aromatic heterocycles. The molecule has 0 saturated carbocycles. The fraction of sp³-hybridized carbons (Fsp3) is 0.176. The van der Waals surface area contributed by atoms with Gasteiger partial charge in [-0.25, -0.2) is 0 Å². The first-order valence-electron chi connectivity index (χ1n) is 6.97. The van der Waals surface area contributed by atoms with Gasteiger partial charge in [0.25, 0.3) is 0 Å². The molecule has 21 heavy (non-hydrogen) atoms. The molecule has 0 bridgehead atoms. The predicted molar refractivity (Wildman–Crippen MR) is 86.2 cm³/mol. The van der Waals surface area contributed by atoms with Crippen molar-refractivity contribution in [2.75, 3.05) is 13.3 Å². The molecule has 2 aromatic carbocycles. The van der Waals surface area contributed by atoms with Crippen molar-refractivity contribution >= 4 is 17.3 Å². The van der Waals surface area contributed by atoms with Crippen LogP contribution in [0.3, 0.4) is 0 Å². The van der Waals surface area contributed by atoms with E-state index in [9.17, 15) is 0 Å². The summed E-state index contributed by atoms with van der Waals surface area (Å²) in [4.78, 5) is 0. The SMILES string of the molecule is Clc1cccc(CCOc2ccccc2C2=CNCN2)c1. The molecule has 1 heterocycles. The van der Waals surface area contributed by atoms with Crippen molar-refractivity contribution in [3.05, 3.63) is 70.9 Å². The van der Waals surface area contributed by atoms with Crippen LogP contribution in [0.2, 0.25) is 5.02 Å². The van der Waals surface area contributed by atoms with E-state index in [1.54, 1.807) is 0 Å². The molecule has 1 aliphatic heterocycles. The van der Waals surface area contributed by atoms with Crippen molar-refractivity contribution in [1.82, 2.24) is 10.6 Å². The number of benzene rings is 2. The van der Waals surface area contributed by atoms with Crippen LogP contribution in [0.15, 0.2) is 54.7 Å². The molecule has 108 valence electrons. The Morgan fingerprint density at radius 2 is 2.00 bits per heavy atom. The van der Waals surface area contributed by atoms with Crippen LogP contribution in [0.4, 0.5) is 0 Å². The average Bonchev–Trinajstić information content (AvgIpc) is 3.02. The Hall–Kier alpha value is -2.13. The van der Waals surface area contributed by atoms with Crippen molar-refractivity contribution in [1.29, 1.82) is 0 Å². The Balaban J connectivity index is 1.65. The molecule has 0 fully saturated rings. The number of halogens is 1. The Kier molecular flexibility index (Phi) is 4.31. The molecule has 4 heteroatoms. The van der Waals surface area contributed by atoms with Gasteiger partial charge in [-0.3, -0.25) is 0 Å². The highest BCUT2D eigenvalue weighted by atomic mass is 35.5. The van der Waals surface area contributed by atoms with Gasteiger partial charge in [-0.2, -0.15) is 0 Å². The second-order valence-corrected chi connectivity index (χ2v) is 5.28. The maximum Gasteiger partial charge on any atom is 0.128 e. The monoisotopic (exact) mass is 300 g/mol. The summed E-state index contributed by atoms with van der Waals surface area (Å²) in [6, 6.07) is 15.9. The maximum absolute atomic E-state index is 5.99. The van der Waals surface area contributed by atoms with E-state index < -0.39 is 0 Å². The van der Waals surface area contributed by atoms with E-state index in [0.717, 1.165) is 35.1 Å². The smallest absolute Gasteiger partial charge is 0.128 e. The van der Waals surface area contributed by atoms with Crippen LogP contribution in [-0.4, -0.2) is 13.3 Å². The summed E-state index contributed by atoms with van der Waals surface area (Å²) in [5.74, 6) is 0.891. The first-order chi connectivity index (χ1) is 10.3. The lowest BCUT2D eigenvalue weighted by atomic mass is 10.1. The number of hydrogen-bond donors (Lipinski definition) is 2. The minimum Gasteiger partial charge on any atom is -0.493 e. The molecule has 3 nitrogen and oxygen atoms in total. The highest BCUT2D eigenvalue weighted by Gasteiger charge is 2.11. The zero-order valence-corrected chi connectivity index (χ0v) is 12.4. The first-order valence-corrected chi connectivity index (χ1v) is 7.35. The summed E-state index contributed by atoms with van der Waals surface area (Å²) >= 11 is 5.99. The zero-order chi connectivity index (χ0) is 14.5. The summed E-state index contributed by atoms with van der Waals surface area (Å²) in [6.07, 6.45) is 2.80. The molecular formula is C17H17ClN2O. The zero-order valence-electron chi connectivity index (χ0n) is 11.6. The summed E-state index contributed by atoms with van der Waals surface area (Å²) in [7, 11) is 0. The molecule has 0 unspecified atom stereocenters. The van der Waals surface area contributed by atoms with E-state index in [4.69, 9.17) is 16.3 Å². The topological polar surface area (TPSA) is 33.3 Å². The van der Waals surface area contributed by atoms with Crippen molar-refractivity contribution in [2.24, 2.45) is 0 Å². The van der Waals surface area contributed by atoms with Gasteiger partial charge in [-0.05, 0) is 29.8 Å². The third kappa shape index (κ3) is 3.50. The van der Waals surface area contributed by atoms with Crippen molar-refractivity contribution < 1.29 is 4.74 Å². The molecule has 2 N–H and O–H groups in total. The van der Waals surface area contributed by atoms with Gasteiger partial charge in [0.2, 0.25) is 0 Å². The normalized spacial score (nSPS) is 13.3. The van der Waals surface area contributed by atoms with Crippen LogP contribution in [0.25, 0.3) is 5.70 Å². The summed E-state index contributed by atoms with van der Waals surface area (Å²) < 4.78 is 5.94. The van der Waals surface area contributed by atoms with Gasteiger partial charge in [-0.15, -0.1) is 0 Å². The number of para-hydroxylation sites is 1. The molecule has 0 aliphatic carbocycles. The van der Waals surface area contributed by atoms with Crippen molar-refractivity contribution in [3.63, 3.8) is 0 Å². The van der Waals surface area contributed by atoms with Gasteiger partial charge in [0.15, 0.2) is 0 Å². The minimum absolute atomic E-state index is 0.623. The van der Waals surface area contributed by atoms with Gasteiger partial charge >= 0.3 is 0 Å². The summed E-state index contributed by atoms with van der Waals surface area (Å²) in [6.45, 7) is 1.38. The lowest BCUT2D eigenvalue weighted by Crippen LogP contribution is -2.14. The highest BCUT2D eigenvalue weighted by Crippen LogP contribution is 2.25. The number of rotatable bonds is 5. The third-order valence-corrected chi connectivity index (χ3v) is 3.58. The quantitative estimate of drug-likeness (QED) is 0.888. The second-order valence-electron chi connectivity index (χ2n) is 4.84. The van der Waals surface area contributed by atoms with Crippen LogP contribution in [0.1, 0.15) is 11.1 Å². The molecule has 3 rings (SSSR count). The molecule has 0 amide bonds. The number of hydrogen-bond acceptors (Lipinski definition) is 3. The summed E-state index contributed by atoms with van der Waals surface area (Å²) in [5.41, 5.74) is 3.32. The van der Waals surface area contributed by atoms with E-state index in [2.05, 4.69) is 22.8 Å². The van der Waals surface area contributed by atoms with Gasteiger partial charge in [-0.1, -0.05) is 35.9 Å². The Bertz CT molecular complexity index is 655. The molecule has 1 aliphatic rings. The molecular weight excluding hydrogens is 284 g/mol. The number of nitrogens with one attached hydrogen (secondary N) is 2. The number of ether oxygens (including phenoxy) is 1. The second kappa shape index (κ2) is 6.55. The summed E-state index contributed by atoms with van der Waals surface area (Å²) in [5, 5.41) is 7.19. The Morgan fingerprint density at radius 3 is 2.81 bits per heavy atom. The average molecular weight is 301 g/mol. The van der Waals surface area contributed by atoms with Crippen molar-refractivity contribution in [3.8, 4) is 5.75 Å². The molecule has 0 spiro atoms. The van der Waals surface area contributed by atoms with Crippen LogP contribution in [0.5, 0.6) is 5.75 Å². The molecule has 0 radical (unpaired) electrons. The van der Waals surface area contributed by atoms with Gasteiger partial charge in [0, 0.05) is 23.2 Å². The van der Waals surface area contributed by atoms with Crippen LogP contribution in [-0.2, 0) is 6.42 Å². The first kappa shape index (κ1) is 13.8. The van der Waals surface area contributed by atoms with E-state index >= 15 is 0 Å². The fourth-order valence-electron chi connectivity index (χ4n) is 2.31.